The molecule has 0 amide bonds. The number of hydrogen-bond donors (Lipinski definition) is 0. The van der Waals surface area contributed by atoms with Crippen molar-refractivity contribution in [2.75, 3.05) is 0 Å². The van der Waals surface area contributed by atoms with Crippen molar-refractivity contribution in [1.29, 1.82) is 0 Å². The summed E-state index contributed by atoms with van der Waals surface area (Å²) in [6.45, 7) is 4.50. The van der Waals surface area contributed by atoms with Crippen LogP contribution in [0.1, 0.15) is 90.9 Å². The molecule has 0 heterocycles. The summed E-state index contributed by atoms with van der Waals surface area (Å²) in [7, 11) is 0. The van der Waals surface area contributed by atoms with E-state index in [-0.39, 0.29) is 0 Å². The van der Waals surface area contributed by atoms with Crippen LogP contribution in [0.5, 0.6) is 0 Å². The fourth-order valence-electron chi connectivity index (χ4n) is 5.83. The van der Waals surface area contributed by atoms with E-state index in [0.717, 1.165) is 29.6 Å². The zero-order valence-corrected chi connectivity index (χ0v) is 16.1. The molecule has 3 saturated carbocycles. The van der Waals surface area contributed by atoms with E-state index in [1.165, 1.54) is 64.2 Å². The zero-order chi connectivity index (χ0) is 16.8. The van der Waals surface area contributed by atoms with Gasteiger partial charge in [0.15, 0.2) is 0 Å². The molecule has 134 valence electrons. The van der Waals surface area contributed by atoms with Crippen LogP contribution in [-0.2, 0) is 0 Å². The fraction of sp³-hybridized carbons (Fsp3) is 0.833. The second-order valence-electron chi connectivity index (χ2n) is 9.10. The minimum atomic E-state index is 0.679. The van der Waals surface area contributed by atoms with Crippen LogP contribution in [0.2, 0.25) is 0 Å². The van der Waals surface area contributed by atoms with Gasteiger partial charge in [0.2, 0.25) is 0 Å². The van der Waals surface area contributed by atoms with E-state index in [4.69, 9.17) is 0 Å². The molecule has 0 aromatic rings. The number of hydrogen-bond acceptors (Lipinski definition) is 0. The predicted octanol–water partition coefficient (Wildman–Crippen LogP) is 7.01. The van der Waals surface area contributed by atoms with Gasteiger partial charge < -0.3 is 0 Å². The molecule has 3 aliphatic carbocycles. The number of rotatable bonds is 2. The summed E-state index contributed by atoms with van der Waals surface area (Å²) < 4.78 is 0. The molecule has 3 fully saturated rings. The Morgan fingerprint density at radius 2 is 1.04 bits per heavy atom. The van der Waals surface area contributed by atoms with Crippen molar-refractivity contribution >= 4 is 0 Å². The SMILES string of the molecule is CC=CC#CC1CCC(C2CCC(C3CCC(C)CC3)CC2)CC1. The van der Waals surface area contributed by atoms with Crippen LogP contribution in [0, 0.1) is 47.3 Å². The molecule has 0 aromatic heterocycles. The van der Waals surface area contributed by atoms with Crippen LogP contribution < -0.4 is 0 Å². The first-order valence-corrected chi connectivity index (χ1v) is 10.9. The van der Waals surface area contributed by atoms with Crippen LogP contribution >= 0.6 is 0 Å². The summed E-state index contributed by atoms with van der Waals surface area (Å²) in [5.41, 5.74) is 0. The molecule has 3 aliphatic rings. The maximum atomic E-state index is 3.46. The van der Waals surface area contributed by atoms with Crippen LogP contribution in [0.25, 0.3) is 0 Å². The van der Waals surface area contributed by atoms with Gasteiger partial charge in [-0.05, 0) is 107 Å². The molecule has 0 spiro atoms. The Balaban J connectivity index is 1.39. The molecule has 24 heavy (non-hydrogen) atoms. The van der Waals surface area contributed by atoms with Gasteiger partial charge in [0.05, 0.1) is 0 Å². The minimum Gasteiger partial charge on any atom is -0.0951 e. The third-order valence-corrected chi connectivity index (χ3v) is 7.52. The summed E-state index contributed by atoms with van der Waals surface area (Å²) >= 11 is 0. The van der Waals surface area contributed by atoms with Gasteiger partial charge in [-0.25, -0.2) is 0 Å². The maximum absolute atomic E-state index is 3.46. The van der Waals surface area contributed by atoms with E-state index in [0.29, 0.717) is 5.92 Å². The lowest BCUT2D eigenvalue weighted by Gasteiger charge is -2.40. The molecule has 0 unspecified atom stereocenters. The molecule has 0 atom stereocenters. The first-order valence-electron chi connectivity index (χ1n) is 10.9. The smallest absolute Gasteiger partial charge is 0.0206 e. The normalized spacial score (nSPS) is 40.9. The van der Waals surface area contributed by atoms with E-state index in [1.54, 1.807) is 12.8 Å². The molecule has 0 nitrogen and oxygen atoms in total. The van der Waals surface area contributed by atoms with Crippen molar-refractivity contribution in [2.45, 2.75) is 90.9 Å². The van der Waals surface area contributed by atoms with Crippen LogP contribution in [0.4, 0.5) is 0 Å². The van der Waals surface area contributed by atoms with Crippen molar-refractivity contribution in [3.8, 4) is 11.8 Å². The molecule has 0 radical (unpaired) electrons. The molecule has 3 rings (SSSR count). The van der Waals surface area contributed by atoms with Gasteiger partial charge in [-0.1, -0.05) is 37.7 Å². The molecule has 0 bridgehead atoms. The molecular weight excluding hydrogens is 288 g/mol. The molecular formula is C24H38. The first kappa shape index (κ1) is 18.1. The van der Waals surface area contributed by atoms with Crippen molar-refractivity contribution in [2.24, 2.45) is 35.5 Å². The van der Waals surface area contributed by atoms with E-state index in [1.807, 2.05) is 12.2 Å². The minimum absolute atomic E-state index is 0.679. The van der Waals surface area contributed by atoms with Crippen LogP contribution in [0.15, 0.2) is 12.2 Å². The standard InChI is InChI=1S/C24H38/c1-3-4-5-6-20-9-13-22(14-10-20)24-17-15-23(16-18-24)21-11-7-19(2)8-12-21/h3-4,19-24H,7-18H2,1-2H3. The van der Waals surface area contributed by atoms with Crippen molar-refractivity contribution < 1.29 is 0 Å². The van der Waals surface area contributed by atoms with Gasteiger partial charge in [-0.2, -0.15) is 0 Å². The second kappa shape index (κ2) is 9.12. The highest BCUT2D eigenvalue weighted by atomic mass is 14.4. The van der Waals surface area contributed by atoms with E-state index < -0.39 is 0 Å². The number of allylic oxidation sites excluding steroid dienone is 2. The fourth-order valence-corrected chi connectivity index (χ4v) is 5.83. The summed E-state index contributed by atoms with van der Waals surface area (Å²) in [4.78, 5) is 0. The molecule has 0 aliphatic heterocycles. The van der Waals surface area contributed by atoms with Gasteiger partial charge in [0, 0.05) is 5.92 Å². The highest BCUT2D eigenvalue weighted by Gasteiger charge is 2.33. The Bertz CT molecular complexity index is 438. The maximum Gasteiger partial charge on any atom is 0.0206 e. The zero-order valence-electron chi connectivity index (χ0n) is 16.1. The van der Waals surface area contributed by atoms with E-state index in [9.17, 15) is 0 Å². The Hall–Kier alpha value is -0.700. The average Bonchev–Trinajstić information content (AvgIpc) is 2.63. The van der Waals surface area contributed by atoms with Crippen molar-refractivity contribution in [3.63, 3.8) is 0 Å². The van der Waals surface area contributed by atoms with Crippen molar-refractivity contribution in [1.82, 2.24) is 0 Å². The van der Waals surface area contributed by atoms with Gasteiger partial charge in [-0.15, -0.1) is 0 Å². The lowest BCUT2D eigenvalue weighted by atomic mass is 9.65. The van der Waals surface area contributed by atoms with Gasteiger partial charge >= 0.3 is 0 Å². The van der Waals surface area contributed by atoms with Crippen molar-refractivity contribution in [3.05, 3.63) is 12.2 Å². The topological polar surface area (TPSA) is 0 Å². The van der Waals surface area contributed by atoms with Gasteiger partial charge in [0.25, 0.3) is 0 Å². The lowest BCUT2D eigenvalue weighted by Crippen LogP contribution is -2.29. The lowest BCUT2D eigenvalue weighted by molar-refractivity contribution is 0.111. The summed E-state index contributed by atoms with van der Waals surface area (Å²) in [5.74, 6) is 12.6. The summed E-state index contributed by atoms with van der Waals surface area (Å²) in [6, 6.07) is 0. The highest BCUT2D eigenvalue weighted by Crippen LogP contribution is 2.45. The Labute approximate surface area is 150 Å². The summed E-state index contributed by atoms with van der Waals surface area (Å²) in [5, 5.41) is 0. The third-order valence-electron chi connectivity index (χ3n) is 7.52. The molecule has 0 N–H and O–H groups in total. The van der Waals surface area contributed by atoms with Gasteiger partial charge in [-0.3, -0.25) is 0 Å². The quantitative estimate of drug-likeness (QED) is 0.479. The van der Waals surface area contributed by atoms with Gasteiger partial charge in [0.1, 0.15) is 0 Å². The van der Waals surface area contributed by atoms with E-state index >= 15 is 0 Å². The predicted molar refractivity (Wildman–Crippen MR) is 105 cm³/mol. The Morgan fingerprint density at radius 1 is 0.625 bits per heavy atom. The Morgan fingerprint density at radius 3 is 1.50 bits per heavy atom. The van der Waals surface area contributed by atoms with Crippen LogP contribution in [0.3, 0.4) is 0 Å². The summed E-state index contributed by atoms with van der Waals surface area (Å²) in [6.07, 6.45) is 21.9. The second-order valence-corrected chi connectivity index (χ2v) is 9.10. The van der Waals surface area contributed by atoms with E-state index in [2.05, 4.69) is 25.7 Å². The van der Waals surface area contributed by atoms with Crippen LogP contribution in [-0.4, -0.2) is 0 Å². The Kier molecular flexibility index (Phi) is 6.88. The first-order chi connectivity index (χ1) is 11.8. The largest absolute Gasteiger partial charge is 0.0951 e. The molecule has 0 heteroatoms. The monoisotopic (exact) mass is 326 g/mol. The third kappa shape index (κ3) is 4.91. The molecule has 0 aromatic carbocycles. The highest BCUT2D eigenvalue weighted by molar-refractivity contribution is 5.16. The molecule has 0 saturated heterocycles. The average molecular weight is 327 g/mol.